The molecular weight excluding hydrogens is 264 g/mol. The Morgan fingerprint density at radius 3 is 2.58 bits per heavy atom. The van der Waals surface area contributed by atoms with Gasteiger partial charge in [0.25, 0.3) is 0 Å². The van der Waals surface area contributed by atoms with Gasteiger partial charge >= 0.3 is 12.0 Å². The molecular formula is C13H22N2O3S. The predicted octanol–water partition coefficient (Wildman–Crippen LogP) is 1.49. The highest BCUT2D eigenvalue weighted by Crippen LogP contribution is 2.24. The average Bonchev–Trinajstić information content (AvgIpc) is 2.79. The van der Waals surface area contributed by atoms with Gasteiger partial charge in [-0.1, -0.05) is 6.92 Å². The number of carbonyl (C=O) groups excluding carboxylic acids is 1. The first-order valence-electron chi connectivity index (χ1n) is 6.91. The lowest BCUT2D eigenvalue weighted by Crippen LogP contribution is -2.41. The van der Waals surface area contributed by atoms with E-state index in [0.29, 0.717) is 19.0 Å². The summed E-state index contributed by atoms with van der Waals surface area (Å²) in [7, 11) is 0. The number of nitrogens with zero attached hydrogens (tertiary/aromatic N) is 1. The Balaban J connectivity index is 1.76. The molecule has 108 valence electrons. The number of carbonyl (C=O) groups is 2. The van der Waals surface area contributed by atoms with Gasteiger partial charge in [-0.05, 0) is 36.2 Å². The van der Waals surface area contributed by atoms with Crippen LogP contribution in [0.3, 0.4) is 0 Å². The van der Waals surface area contributed by atoms with Gasteiger partial charge in [0.2, 0.25) is 0 Å². The molecule has 2 heterocycles. The van der Waals surface area contributed by atoms with Crippen LogP contribution in [0.4, 0.5) is 4.79 Å². The predicted molar refractivity (Wildman–Crippen MR) is 75.3 cm³/mol. The summed E-state index contributed by atoms with van der Waals surface area (Å²) in [5.41, 5.74) is 0. The van der Waals surface area contributed by atoms with E-state index in [1.807, 2.05) is 18.7 Å². The maximum absolute atomic E-state index is 12.0. The van der Waals surface area contributed by atoms with Crippen molar-refractivity contribution in [3.8, 4) is 0 Å². The quantitative estimate of drug-likeness (QED) is 0.825. The Labute approximate surface area is 118 Å². The van der Waals surface area contributed by atoms with Gasteiger partial charge in [0.1, 0.15) is 0 Å². The maximum Gasteiger partial charge on any atom is 0.317 e. The van der Waals surface area contributed by atoms with E-state index in [4.69, 9.17) is 5.11 Å². The summed E-state index contributed by atoms with van der Waals surface area (Å²) in [5.74, 6) is 1.77. The smallest absolute Gasteiger partial charge is 0.317 e. The molecule has 0 aromatic carbocycles. The summed E-state index contributed by atoms with van der Waals surface area (Å²) in [4.78, 5) is 24.7. The molecule has 2 amide bonds. The Bertz CT molecular complexity index is 345. The zero-order valence-electron chi connectivity index (χ0n) is 11.3. The zero-order chi connectivity index (χ0) is 13.8. The molecule has 2 saturated heterocycles. The highest BCUT2D eigenvalue weighted by molar-refractivity contribution is 7.99. The van der Waals surface area contributed by atoms with Gasteiger partial charge in [0.05, 0.1) is 5.92 Å². The number of urea groups is 1. The minimum absolute atomic E-state index is 0.0364. The first kappa shape index (κ1) is 14.5. The number of aliphatic carboxylic acids is 1. The normalized spacial score (nSPS) is 28.4. The molecule has 2 N–H and O–H groups in total. The monoisotopic (exact) mass is 286 g/mol. The number of hydrogen-bond donors (Lipinski definition) is 2. The van der Waals surface area contributed by atoms with Crippen molar-refractivity contribution in [2.45, 2.75) is 19.8 Å². The summed E-state index contributed by atoms with van der Waals surface area (Å²) >= 11 is 1.97. The number of carboxylic acids is 1. The molecule has 0 aromatic heterocycles. The molecule has 0 saturated carbocycles. The molecule has 2 atom stereocenters. The first-order valence-corrected chi connectivity index (χ1v) is 8.06. The molecule has 2 fully saturated rings. The van der Waals surface area contributed by atoms with Crippen LogP contribution in [0.15, 0.2) is 0 Å². The van der Waals surface area contributed by atoms with E-state index in [1.54, 1.807) is 4.90 Å². The summed E-state index contributed by atoms with van der Waals surface area (Å²) in [5, 5.41) is 12.0. The third-order valence-corrected chi connectivity index (χ3v) is 5.15. The van der Waals surface area contributed by atoms with E-state index in [-0.39, 0.29) is 11.9 Å². The summed E-state index contributed by atoms with van der Waals surface area (Å²) in [6.07, 6.45) is 2.33. The number of carboxylic acid groups (broad SMARTS) is 1. The zero-order valence-corrected chi connectivity index (χ0v) is 12.1. The van der Waals surface area contributed by atoms with E-state index in [9.17, 15) is 9.59 Å². The highest BCUT2D eigenvalue weighted by atomic mass is 32.2. The molecule has 0 radical (unpaired) electrons. The van der Waals surface area contributed by atoms with Crippen molar-refractivity contribution in [2.24, 2.45) is 17.8 Å². The van der Waals surface area contributed by atoms with Crippen LogP contribution in [0.5, 0.6) is 0 Å². The van der Waals surface area contributed by atoms with E-state index in [1.165, 1.54) is 24.3 Å². The number of hydrogen-bond acceptors (Lipinski definition) is 3. The molecule has 0 aromatic rings. The Morgan fingerprint density at radius 1 is 1.32 bits per heavy atom. The Morgan fingerprint density at radius 2 is 2.00 bits per heavy atom. The fourth-order valence-corrected chi connectivity index (χ4v) is 3.95. The van der Waals surface area contributed by atoms with Crippen LogP contribution in [-0.4, -0.2) is 53.1 Å². The number of likely N-dealkylation sites (tertiary alicyclic amines) is 1. The van der Waals surface area contributed by atoms with E-state index in [2.05, 4.69) is 5.32 Å². The molecule has 2 aliphatic heterocycles. The van der Waals surface area contributed by atoms with Crippen LogP contribution in [0.2, 0.25) is 0 Å². The first-order chi connectivity index (χ1) is 9.08. The second-order valence-electron chi connectivity index (χ2n) is 5.57. The van der Waals surface area contributed by atoms with Crippen LogP contribution in [0.1, 0.15) is 19.8 Å². The SMILES string of the molecule is CC1CN(C(=O)NCC2CCSCC2)CC1C(=O)O. The standard InChI is InChI=1S/C13H22N2O3S/c1-9-7-15(8-11(9)12(16)17)13(18)14-6-10-2-4-19-5-3-10/h9-11H,2-8H2,1H3,(H,14,18)(H,16,17). The minimum atomic E-state index is -0.799. The van der Waals surface area contributed by atoms with Crippen LogP contribution < -0.4 is 5.32 Å². The van der Waals surface area contributed by atoms with Gasteiger partial charge in [-0.3, -0.25) is 4.79 Å². The van der Waals surface area contributed by atoms with Gasteiger partial charge in [-0.15, -0.1) is 0 Å². The molecule has 0 bridgehead atoms. The van der Waals surface area contributed by atoms with Gasteiger partial charge < -0.3 is 15.3 Å². The summed E-state index contributed by atoms with van der Waals surface area (Å²) < 4.78 is 0. The Kier molecular flexibility index (Phi) is 4.96. The minimum Gasteiger partial charge on any atom is -0.481 e. The number of nitrogens with one attached hydrogen (secondary N) is 1. The molecule has 2 unspecified atom stereocenters. The van der Waals surface area contributed by atoms with Crippen molar-refractivity contribution >= 4 is 23.8 Å². The molecule has 2 aliphatic rings. The van der Waals surface area contributed by atoms with E-state index >= 15 is 0 Å². The second kappa shape index (κ2) is 6.50. The van der Waals surface area contributed by atoms with Gasteiger partial charge in [-0.2, -0.15) is 11.8 Å². The lowest BCUT2D eigenvalue weighted by Gasteiger charge is -2.23. The van der Waals surface area contributed by atoms with Crippen LogP contribution in [0.25, 0.3) is 0 Å². The highest BCUT2D eigenvalue weighted by Gasteiger charge is 2.36. The molecule has 0 aliphatic carbocycles. The fraction of sp³-hybridized carbons (Fsp3) is 0.846. The largest absolute Gasteiger partial charge is 0.481 e. The van der Waals surface area contributed by atoms with Crippen molar-refractivity contribution in [2.75, 3.05) is 31.1 Å². The molecule has 6 heteroatoms. The molecule has 0 spiro atoms. The van der Waals surface area contributed by atoms with Crippen LogP contribution in [0, 0.1) is 17.8 Å². The van der Waals surface area contributed by atoms with E-state index < -0.39 is 11.9 Å². The lowest BCUT2D eigenvalue weighted by atomic mass is 9.99. The van der Waals surface area contributed by atoms with Gasteiger partial charge in [-0.25, -0.2) is 4.79 Å². The second-order valence-corrected chi connectivity index (χ2v) is 6.79. The topological polar surface area (TPSA) is 69.6 Å². The third kappa shape index (κ3) is 3.78. The van der Waals surface area contributed by atoms with Crippen molar-refractivity contribution in [1.82, 2.24) is 10.2 Å². The van der Waals surface area contributed by atoms with Crippen molar-refractivity contribution in [3.63, 3.8) is 0 Å². The van der Waals surface area contributed by atoms with Crippen LogP contribution in [-0.2, 0) is 4.79 Å². The summed E-state index contributed by atoms with van der Waals surface area (Å²) in [6, 6.07) is -0.103. The molecule has 5 nitrogen and oxygen atoms in total. The molecule has 19 heavy (non-hydrogen) atoms. The van der Waals surface area contributed by atoms with Crippen LogP contribution >= 0.6 is 11.8 Å². The van der Waals surface area contributed by atoms with Gasteiger partial charge in [0, 0.05) is 19.6 Å². The third-order valence-electron chi connectivity index (χ3n) is 4.10. The van der Waals surface area contributed by atoms with Crippen molar-refractivity contribution in [3.05, 3.63) is 0 Å². The van der Waals surface area contributed by atoms with Crippen molar-refractivity contribution in [1.29, 1.82) is 0 Å². The molecule has 2 rings (SSSR count). The van der Waals surface area contributed by atoms with Crippen molar-refractivity contribution < 1.29 is 14.7 Å². The number of amides is 2. The fourth-order valence-electron chi connectivity index (χ4n) is 2.75. The number of rotatable bonds is 3. The Hall–Kier alpha value is -0.910. The average molecular weight is 286 g/mol. The van der Waals surface area contributed by atoms with E-state index in [0.717, 1.165) is 6.54 Å². The lowest BCUT2D eigenvalue weighted by molar-refractivity contribution is -0.142. The summed E-state index contributed by atoms with van der Waals surface area (Å²) in [6.45, 7) is 3.50. The number of thioether (sulfide) groups is 1. The maximum atomic E-state index is 12.0. The van der Waals surface area contributed by atoms with Gasteiger partial charge in [0.15, 0.2) is 0 Å².